The first-order valence-corrected chi connectivity index (χ1v) is 7.67. The van der Waals surface area contributed by atoms with Crippen LogP contribution in [0.3, 0.4) is 0 Å². The van der Waals surface area contributed by atoms with E-state index < -0.39 is 4.92 Å². The summed E-state index contributed by atoms with van der Waals surface area (Å²) >= 11 is 0. The zero-order chi connectivity index (χ0) is 16.4. The summed E-state index contributed by atoms with van der Waals surface area (Å²) in [6.07, 6.45) is 0.875. The van der Waals surface area contributed by atoms with Crippen LogP contribution in [0.15, 0.2) is 48.5 Å². The molecule has 3 rings (SSSR count). The summed E-state index contributed by atoms with van der Waals surface area (Å²) in [7, 11) is 0. The number of non-ortho nitro benzene ring substituents is 1. The van der Waals surface area contributed by atoms with Crippen molar-refractivity contribution in [2.75, 3.05) is 0 Å². The molecule has 5 heteroatoms. The Bertz CT molecular complexity index is 757. The molecule has 1 aliphatic heterocycles. The molecule has 0 N–H and O–H groups in total. The van der Waals surface area contributed by atoms with E-state index in [4.69, 9.17) is 0 Å². The van der Waals surface area contributed by atoms with E-state index in [1.54, 1.807) is 6.07 Å². The number of carbonyl (C=O) groups excluding carboxylic acids is 1. The topological polar surface area (TPSA) is 63.5 Å². The molecule has 0 bridgehead atoms. The van der Waals surface area contributed by atoms with Crippen molar-refractivity contribution in [1.82, 2.24) is 4.90 Å². The van der Waals surface area contributed by atoms with Crippen molar-refractivity contribution in [3.63, 3.8) is 0 Å². The van der Waals surface area contributed by atoms with Crippen LogP contribution in [0, 0.1) is 10.1 Å². The monoisotopic (exact) mass is 310 g/mol. The number of nitro benzene ring substituents is 1. The number of aryl methyl sites for hydroxylation is 1. The molecule has 5 nitrogen and oxygen atoms in total. The van der Waals surface area contributed by atoms with E-state index in [9.17, 15) is 14.9 Å². The standard InChI is InChI=1S/C18H18N2O3/c1-13-17-8-3-2-6-15(17)12-19(13)18(21)10-9-14-5-4-7-16(11-14)20(22)23/h2-8,11,13H,9-10,12H2,1H3/t13-/m0/s1. The van der Waals surface area contributed by atoms with Crippen LogP contribution in [0.2, 0.25) is 0 Å². The van der Waals surface area contributed by atoms with Crippen LogP contribution in [0.25, 0.3) is 0 Å². The summed E-state index contributed by atoms with van der Waals surface area (Å²) in [6.45, 7) is 2.68. The van der Waals surface area contributed by atoms with Crippen LogP contribution in [-0.2, 0) is 17.8 Å². The fourth-order valence-corrected chi connectivity index (χ4v) is 3.10. The number of amides is 1. The van der Waals surface area contributed by atoms with Crippen LogP contribution in [0.4, 0.5) is 5.69 Å². The van der Waals surface area contributed by atoms with Gasteiger partial charge in [-0.1, -0.05) is 36.4 Å². The van der Waals surface area contributed by atoms with Gasteiger partial charge >= 0.3 is 0 Å². The molecule has 0 spiro atoms. The van der Waals surface area contributed by atoms with Crippen molar-refractivity contribution in [2.45, 2.75) is 32.4 Å². The third-order valence-corrected chi connectivity index (χ3v) is 4.38. The predicted molar refractivity (Wildman–Crippen MR) is 86.8 cm³/mol. The Balaban J connectivity index is 1.65. The summed E-state index contributed by atoms with van der Waals surface area (Å²) in [5, 5.41) is 10.8. The zero-order valence-corrected chi connectivity index (χ0v) is 12.9. The number of hydrogen-bond donors (Lipinski definition) is 0. The lowest BCUT2D eigenvalue weighted by Crippen LogP contribution is -2.28. The van der Waals surface area contributed by atoms with Gasteiger partial charge in [0.05, 0.1) is 11.0 Å². The molecule has 0 aliphatic carbocycles. The lowest BCUT2D eigenvalue weighted by molar-refractivity contribution is -0.384. The Morgan fingerprint density at radius 2 is 2.04 bits per heavy atom. The normalized spacial score (nSPS) is 16.2. The number of rotatable bonds is 4. The van der Waals surface area contributed by atoms with Crippen LogP contribution in [0.1, 0.15) is 36.1 Å². The Kier molecular flexibility index (Phi) is 4.10. The Labute approximate surface area is 134 Å². The minimum atomic E-state index is -0.412. The quantitative estimate of drug-likeness (QED) is 0.640. The molecule has 23 heavy (non-hydrogen) atoms. The average Bonchev–Trinajstić information content (AvgIpc) is 2.90. The van der Waals surface area contributed by atoms with E-state index in [0.29, 0.717) is 19.4 Å². The van der Waals surface area contributed by atoms with Crippen molar-refractivity contribution in [3.8, 4) is 0 Å². The Morgan fingerprint density at radius 3 is 2.78 bits per heavy atom. The third-order valence-electron chi connectivity index (χ3n) is 4.38. The van der Waals surface area contributed by atoms with E-state index in [-0.39, 0.29) is 17.6 Å². The van der Waals surface area contributed by atoms with Gasteiger partial charge in [0.25, 0.3) is 5.69 Å². The Hall–Kier alpha value is -2.69. The van der Waals surface area contributed by atoms with E-state index in [1.165, 1.54) is 23.3 Å². The van der Waals surface area contributed by atoms with Crippen molar-refractivity contribution in [3.05, 3.63) is 75.3 Å². The lowest BCUT2D eigenvalue weighted by Gasteiger charge is -2.22. The molecule has 0 unspecified atom stereocenters. The summed E-state index contributed by atoms with van der Waals surface area (Å²) in [5.41, 5.74) is 3.29. The van der Waals surface area contributed by atoms with Crippen molar-refractivity contribution >= 4 is 11.6 Å². The van der Waals surface area contributed by atoms with E-state index in [2.05, 4.69) is 12.1 Å². The number of hydrogen-bond acceptors (Lipinski definition) is 3. The minimum absolute atomic E-state index is 0.0666. The van der Waals surface area contributed by atoms with Gasteiger partial charge in [-0.2, -0.15) is 0 Å². The minimum Gasteiger partial charge on any atom is -0.332 e. The maximum atomic E-state index is 12.5. The SMILES string of the molecule is C[C@H]1c2ccccc2CN1C(=O)CCc1cccc([N+](=O)[O-])c1. The highest BCUT2D eigenvalue weighted by atomic mass is 16.6. The first-order chi connectivity index (χ1) is 11.1. The second-order valence-electron chi connectivity index (χ2n) is 5.82. The highest BCUT2D eigenvalue weighted by Gasteiger charge is 2.29. The van der Waals surface area contributed by atoms with Gasteiger partial charge in [-0.05, 0) is 30.0 Å². The van der Waals surface area contributed by atoms with Gasteiger partial charge in [-0.15, -0.1) is 0 Å². The highest BCUT2D eigenvalue weighted by molar-refractivity contribution is 5.78. The van der Waals surface area contributed by atoms with Gasteiger partial charge in [0, 0.05) is 25.1 Å². The van der Waals surface area contributed by atoms with E-state index in [1.807, 2.05) is 30.0 Å². The molecule has 0 saturated carbocycles. The largest absolute Gasteiger partial charge is 0.332 e. The van der Waals surface area contributed by atoms with Crippen molar-refractivity contribution in [2.24, 2.45) is 0 Å². The molecule has 118 valence electrons. The maximum absolute atomic E-state index is 12.5. The Morgan fingerprint density at radius 1 is 1.26 bits per heavy atom. The second kappa shape index (κ2) is 6.20. The number of nitro groups is 1. The molecule has 1 amide bonds. The molecule has 2 aromatic rings. The first kappa shape index (κ1) is 15.2. The summed E-state index contributed by atoms with van der Waals surface area (Å²) in [6, 6.07) is 14.7. The number of fused-ring (bicyclic) bond motifs is 1. The van der Waals surface area contributed by atoms with Gasteiger partial charge in [-0.3, -0.25) is 14.9 Å². The molecule has 0 radical (unpaired) electrons. The zero-order valence-electron chi connectivity index (χ0n) is 12.9. The first-order valence-electron chi connectivity index (χ1n) is 7.67. The summed E-state index contributed by atoms with van der Waals surface area (Å²) in [5.74, 6) is 0.0835. The van der Waals surface area contributed by atoms with Gasteiger partial charge in [0.15, 0.2) is 0 Å². The van der Waals surface area contributed by atoms with E-state index in [0.717, 1.165) is 5.56 Å². The third kappa shape index (κ3) is 3.08. The number of carbonyl (C=O) groups is 1. The summed E-state index contributed by atoms with van der Waals surface area (Å²) < 4.78 is 0. The van der Waals surface area contributed by atoms with Gasteiger partial charge < -0.3 is 4.90 Å². The summed E-state index contributed by atoms with van der Waals surface area (Å²) in [4.78, 5) is 24.8. The van der Waals surface area contributed by atoms with Gasteiger partial charge in [-0.25, -0.2) is 0 Å². The molecule has 0 fully saturated rings. The fourth-order valence-electron chi connectivity index (χ4n) is 3.10. The molecular formula is C18H18N2O3. The van der Waals surface area contributed by atoms with Gasteiger partial charge in [0.2, 0.25) is 5.91 Å². The average molecular weight is 310 g/mol. The smallest absolute Gasteiger partial charge is 0.269 e. The van der Waals surface area contributed by atoms with Crippen LogP contribution in [0.5, 0.6) is 0 Å². The second-order valence-corrected chi connectivity index (χ2v) is 5.82. The number of benzene rings is 2. The molecule has 1 atom stereocenters. The van der Waals surface area contributed by atoms with Crippen LogP contribution in [-0.4, -0.2) is 15.7 Å². The van der Waals surface area contributed by atoms with Crippen LogP contribution < -0.4 is 0 Å². The molecule has 0 aromatic heterocycles. The van der Waals surface area contributed by atoms with Crippen molar-refractivity contribution < 1.29 is 9.72 Å². The fraction of sp³-hybridized carbons (Fsp3) is 0.278. The molecule has 0 saturated heterocycles. The van der Waals surface area contributed by atoms with E-state index >= 15 is 0 Å². The lowest BCUT2D eigenvalue weighted by atomic mass is 10.1. The molecule has 2 aromatic carbocycles. The molecule has 1 heterocycles. The highest BCUT2D eigenvalue weighted by Crippen LogP contribution is 2.33. The van der Waals surface area contributed by atoms with Crippen molar-refractivity contribution in [1.29, 1.82) is 0 Å². The molecular weight excluding hydrogens is 292 g/mol. The van der Waals surface area contributed by atoms with Gasteiger partial charge in [0.1, 0.15) is 0 Å². The predicted octanol–water partition coefficient (Wildman–Crippen LogP) is 3.63. The van der Waals surface area contributed by atoms with Crippen LogP contribution >= 0.6 is 0 Å². The number of nitrogens with zero attached hydrogens (tertiary/aromatic N) is 2. The molecule has 1 aliphatic rings. The maximum Gasteiger partial charge on any atom is 0.269 e.